The van der Waals surface area contributed by atoms with E-state index in [1.54, 1.807) is 35.7 Å². The van der Waals surface area contributed by atoms with E-state index in [9.17, 15) is 9.59 Å². The van der Waals surface area contributed by atoms with Crippen LogP contribution in [0.4, 0.5) is 0 Å². The van der Waals surface area contributed by atoms with E-state index in [0.29, 0.717) is 18.1 Å². The molecule has 0 bridgehead atoms. The number of carbonyl (C=O) groups excluding carboxylic acids is 2. The summed E-state index contributed by atoms with van der Waals surface area (Å²) in [5, 5.41) is 1.08. The van der Waals surface area contributed by atoms with Crippen molar-refractivity contribution >= 4 is 34.5 Å². The second-order valence-electron chi connectivity index (χ2n) is 6.06. The molecule has 1 aliphatic rings. The molecule has 1 aliphatic heterocycles. The highest BCUT2D eigenvalue weighted by Gasteiger charge is 2.35. The van der Waals surface area contributed by atoms with Crippen molar-refractivity contribution in [3.63, 3.8) is 0 Å². The van der Waals surface area contributed by atoms with E-state index < -0.39 is 0 Å². The Hall–Kier alpha value is -1.95. The van der Waals surface area contributed by atoms with Crippen molar-refractivity contribution in [3.05, 3.63) is 35.5 Å². The Morgan fingerprint density at radius 3 is 2.83 bits per heavy atom. The molecule has 1 atom stereocenters. The monoisotopic (exact) mass is 331 g/mol. The molecule has 1 saturated heterocycles. The third-order valence-corrected chi connectivity index (χ3v) is 5.30. The number of hydrogen-bond donors (Lipinski definition) is 1. The molecule has 1 aromatic heterocycles. The summed E-state index contributed by atoms with van der Waals surface area (Å²) in [6.45, 7) is 1.99. The Balaban J connectivity index is 1.83. The molecule has 1 aromatic carbocycles. The van der Waals surface area contributed by atoms with Crippen LogP contribution in [-0.2, 0) is 16.0 Å². The van der Waals surface area contributed by atoms with E-state index >= 15 is 0 Å². The summed E-state index contributed by atoms with van der Waals surface area (Å²) in [6.07, 6.45) is 0.327. The zero-order valence-corrected chi connectivity index (χ0v) is 14.4. The average Bonchev–Trinajstić information content (AvgIpc) is 3.12. The minimum absolute atomic E-state index is 0.000927. The first kappa shape index (κ1) is 15.9. The quantitative estimate of drug-likeness (QED) is 0.936. The summed E-state index contributed by atoms with van der Waals surface area (Å²) in [7, 11) is 3.47. The van der Waals surface area contributed by atoms with Crippen LogP contribution in [0.3, 0.4) is 0 Å². The van der Waals surface area contributed by atoms with Crippen molar-refractivity contribution < 1.29 is 9.59 Å². The molecule has 1 fully saturated rings. The van der Waals surface area contributed by atoms with Crippen LogP contribution < -0.4 is 0 Å². The number of hydrogen-bond acceptors (Lipinski definition) is 3. The molecular formula is C17H21N3O2S. The number of aromatic amines is 1. The number of aryl methyl sites for hydroxylation is 1. The molecule has 2 heterocycles. The minimum Gasteiger partial charge on any atom is -0.358 e. The third kappa shape index (κ3) is 2.95. The van der Waals surface area contributed by atoms with Gasteiger partial charge in [-0.2, -0.15) is 0 Å². The van der Waals surface area contributed by atoms with Gasteiger partial charge in [0.15, 0.2) is 0 Å². The second-order valence-corrected chi connectivity index (χ2v) is 7.06. The number of fused-ring (bicyclic) bond motifs is 1. The van der Waals surface area contributed by atoms with E-state index in [1.165, 1.54) is 0 Å². The van der Waals surface area contributed by atoms with Crippen molar-refractivity contribution in [3.8, 4) is 0 Å². The number of aromatic nitrogens is 1. The Morgan fingerprint density at radius 2 is 2.09 bits per heavy atom. The van der Waals surface area contributed by atoms with Crippen molar-refractivity contribution in [1.29, 1.82) is 0 Å². The van der Waals surface area contributed by atoms with Gasteiger partial charge in [0.2, 0.25) is 11.8 Å². The van der Waals surface area contributed by atoms with Gasteiger partial charge in [0.1, 0.15) is 6.04 Å². The largest absolute Gasteiger partial charge is 0.358 e. The molecule has 2 aromatic rings. The first-order valence-electron chi connectivity index (χ1n) is 7.63. The number of nitrogens with one attached hydrogen (secondary N) is 1. The predicted octanol–water partition coefficient (Wildman–Crippen LogP) is 2.01. The lowest BCUT2D eigenvalue weighted by molar-refractivity contribution is -0.141. The number of H-pyrrole nitrogens is 1. The lowest BCUT2D eigenvalue weighted by atomic mass is 10.1. The molecule has 1 N–H and O–H groups in total. The number of nitrogens with zero attached hydrogens (tertiary/aromatic N) is 2. The number of carbonyl (C=O) groups is 2. The number of rotatable bonds is 3. The molecule has 0 spiro atoms. The first-order valence-corrected chi connectivity index (χ1v) is 8.79. The van der Waals surface area contributed by atoms with Gasteiger partial charge in [-0.25, -0.2) is 0 Å². The molecule has 0 saturated carbocycles. The number of benzene rings is 1. The highest BCUT2D eigenvalue weighted by molar-refractivity contribution is 7.99. The number of para-hydroxylation sites is 1. The number of amides is 2. The summed E-state index contributed by atoms with van der Waals surface area (Å²) < 4.78 is 0. The molecule has 6 heteroatoms. The maximum atomic E-state index is 12.8. The number of thioether (sulfide) groups is 1. The van der Waals surface area contributed by atoms with Crippen LogP contribution in [0.15, 0.2) is 24.3 Å². The highest BCUT2D eigenvalue weighted by Crippen LogP contribution is 2.26. The maximum Gasteiger partial charge on any atom is 0.245 e. The highest BCUT2D eigenvalue weighted by atomic mass is 32.2. The molecule has 0 aliphatic carbocycles. The summed E-state index contributed by atoms with van der Waals surface area (Å²) in [6, 6.07) is 7.66. The van der Waals surface area contributed by atoms with Gasteiger partial charge in [0.05, 0.1) is 12.3 Å². The summed E-state index contributed by atoms with van der Waals surface area (Å²) in [5.41, 5.74) is 3.09. The fourth-order valence-corrected chi connectivity index (χ4v) is 4.18. The van der Waals surface area contributed by atoms with E-state index in [1.807, 2.05) is 31.2 Å². The first-order chi connectivity index (χ1) is 11.0. The smallest absolute Gasteiger partial charge is 0.245 e. The zero-order valence-electron chi connectivity index (χ0n) is 13.6. The Morgan fingerprint density at radius 1 is 1.35 bits per heavy atom. The molecule has 1 unspecified atom stereocenters. The van der Waals surface area contributed by atoms with Gasteiger partial charge in [-0.1, -0.05) is 18.2 Å². The van der Waals surface area contributed by atoms with Gasteiger partial charge in [0, 0.05) is 36.4 Å². The Labute approximate surface area is 140 Å². The summed E-state index contributed by atoms with van der Waals surface area (Å²) in [4.78, 5) is 31.6. The minimum atomic E-state index is -0.340. The van der Waals surface area contributed by atoms with Gasteiger partial charge in [-0.3, -0.25) is 9.59 Å². The van der Waals surface area contributed by atoms with Crippen LogP contribution in [0.1, 0.15) is 11.3 Å². The lowest BCUT2D eigenvalue weighted by Crippen LogP contribution is -2.47. The van der Waals surface area contributed by atoms with E-state index in [2.05, 4.69) is 4.98 Å². The topological polar surface area (TPSA) is 56.4 Å². The molecule has 0 radical (unpaired) electrons. The molecule has 23 heavy (non-hydrogen) atoms. The fourth-order valence-electron chi connectivity index (χ4n) is 3.01. The normalized spacial score (nSPS) is 17.7. The maximum absolute atomic E-state index is 12.8. The Bertz CT molecular complexity index is 753. The van der Waals surface area contributed by atoms with Crippen molar-refractivity contribution in [2.75, 3.05) is 25.7 Å². The van der Waals surface area contributed by atoms with E-state index in [0.717, 1.165) is 22.2 Å². The average molecular weight is 331 g/mol. The van der Waals surface area contributed by atoms with Crippen LogP contribution in [0.25, 0.3) is 10.9 Å². The Kier molecular flexibility index (Phi) is 4.35. The van der Waals surface area contributed by atoms with Crippen molar-refractivity contribution in [2.24, 2.45) is 0 Å². The van der Waals surface area contributed by atoms with Crippen LogP contribution in [-0.4, -0.2) is 58.4 Å². The van der Waals surface area contributed by atoms with Crippen molar-refractivity contribution in [1.82, 2.24) is 14.8 Å². The fraction of sp³-hybridized carbons (Fsp3) is 0.412. The van der Waals surface area contributed by atoms with Gasteiger partial charge in [-0.05, 0) is 18.6 Å². The van der Waals surface area contributed by atoms with Crippen LogP contribution in [0.5, 0.6) is 0 Å². The third-order valence-electron chi connectivity index (χ3n) is 4.28. The molecule has 3 rings (SSSR count). The van der Waals surface area contributed by atoms with Crippen LogP contribution in [0.2, 0.25) is 0 Å². The van der Waals surface area contributed by atoms with Crippen molar-refractivity contribution in [2.45, 2.75) is 19.4 Å². The number of likely N-dealkylation sites (N-methyl/N-ethyl adjacent to an activating group) is 1. The second kappa shape index (κ2) is 6.28. The molecule has 122 valence electrons. The lowest BCUT2D eigenvalue weighted by Gasteiger charge is -2.25. The zero-order chi connectivity index (χ0) is 16.6. The van der Waals surface area contributed by atoms with Gasteiger partial charge >= 0.3 is 0 Å². The SMILES string of the molecule is Cc1[nH]c2ccccc2c1CC(=O)N1CSCC1C(=O)N(C)C. The summed E-state index contributed by atoms with van der Waals surface area (Å²) in [5.74, 6) is 1.28. The van der Waals surface area contributed by atoms with E-state index in [4.69, 9.17) is 0 Å². The standard InChI is InChI=1S/C17H21N3O2S/c1-11-13(12-6-4-5-7-14(12)18-11)8-16(21)20-10-23-9-15(20)17(22)19(2)3/h4-7,15,18H,8-10H2,1-3H3. The van der Waals surface area contributed by atoms with E-state index in [-0.39, 0.29) is 17.9 Å². The van der Waals surface area contributed by atoms with Crippen LogP contribution >= 0.6 is 11.8 Å². The van der Waals surface area contributed by atoms with Gasteiger partial charge < -0.3 is 14.8 Å². The van der Waals surface area contributed by atoms with Gasteiger partial charge in [-0.15, -0.1) is 11.8 Å². The molecular weight excluding hydrogens is 310 g/mol. The molecule has 2 amide bonds. The van der Waals surface area contributed by atoms with Crippen LogP contribution in [0, 0.1) is 6.92 Å². The predicted molar refractivity (Wildman–Crippen MR) is 93.4 cm³/mol. The summed E-state index contributed by atoms with van der Waals surface area (Å²) >= 11 is 1.63. The molecule has 5 nitrogen and oxygen atoms in total. The van der Waals surface area contributed by atoms with Gasteiger partial charge in [0.25, 0.3) is 0 Å².